The SMILES string of the molecule is CCn1c(=NC(=O)[C@H]2COc3ccccc3O2)sc2cc(F)cc(F)c21. The van der Waals surface area contributed by atoms with E-state index in [2.05, 4.69) is 4.99 Å². The Hall–Kier alpha value is -2.74. The molecule has 0 saturated heterocycles. The second-order valence-electron chi connectivity index (χ2n) is 5.68. The lowest BCUT2D eigenvalue weighted by atomic mass is 10.2. The number of benzene rings is 2. The fourth-order valence-electron chi connectivity index (χ4n) is 2.82. The Balaban J connectivity index is 1.72. The van der Waals surface area contributed by atoms with Gasteiger partial charge in [0.25, 0.3) is 5.91 Å². The highest BCUT2D eigenvalue weighted by Crippen LogP contribution is 2.31. The molecule has 1 aromatic heterocycles. The van der Waals surface area contributed by atoms with Crippen LogP contribution >= 0.6 is 11.3 Å². The highest BCUT2D eigenvalue weighted by molar-refractivity contribution is 7.16. The van der Waals surface area contributed by atoms with Gasteiger partial charge in [-0.25, -0.2) is 8.78 Å². The number of rotatable bonds is 2. The summed E-state index contributed by atoms with van der Waals surface area (Å²) in [6.07, 6.45) is -0.887. The molecule has 1 amide bonds. The molecule has 0 radical (unpaired) electrons. The third-order valence-electron chi connectivity index (χ3n) is 4.00. The highest BCUT2D eigenvalue weighted by Gasteiger charge is 2.27. The largest absolute Gasteiger partial charge is 0.485 e. The van der Waals surface area contributed by atoms with Crippen molar-refractivity contribution in [2.45, 2.75) is 19.6 Å². The van der Waals surface area contributed by atoms with E-state index in [1.54, 1.807) is 29.7 Å². The molecular formula is C18H14F2N2O3S. The molecule has 1 aliphatic rings. The number of aryl methyl sites for hydroxylation is 1. The third kappa shape index (κ3) is 2.86. The van der Waals surface area contributed by atoms with Gasteiger partial charge in [-0.3, -0.25) is 4.79 Å². The van der Waals surface area contributed by atoms with Crippen LogP contribution in [0.15, 0.2) is 41.4 Å². The predicted molar refractivity (Wildman–Crippen MR) is 92.3 cm³/mol. The molecule has 4 rings (SSSR count). The smallest absolute Gasteiger partial charge is 0.292 e. The zero-order valence-electron chi connectivity index (χ0n) is 13.7. The summed E-state index contributed by atoms with van der Waals surface area (Å²) in [5.41, 5.74) is 0.233. The molecule has 0 spiro atoms. The number of ether oxygens (including phenoxy) is 2. The Morgan fingerprint density at radius 1 is 1.31 bits per heavy atom. The first kappa shape index (κ1) is 16.7. The van der Waals surface area contributed by atoms with Gasteiger partial charge in [-0.05, 0) is 25.1 Å². The summed E-state index contributed by atoms with van der Waals surface area (Å²) in [5.74, 6) is -0.843. The number of carbonyl (C=O) groups excluding carboxylic acids is 1. The van der Waals surface area contributed by atoms with Crippen LogP contribution in [0.3, 0.4) is 0 Å². The number of hydrogen-bond acceptors (Lipinski definition) is 4. The molecule has 0 N–H and O–H groups in total. The zero-order chi connectivity index (χ0) is 18.3. The van der Waals surface area contributed by atoms with Gasteiger partial charge in [0.1, 0.15) is 12.4 Å². The quantitative estimate of drug-likeness (QED) is 0.690. The Morgan fingerprint density at radius 3 is 2.85 bits per heavy atom. The minimum Gasteiger partial charge on any atom is -0.485 e. The van der Waals surface area contributed by atoms with Gasteiger partial charge in [-0.15, -0.1) is 0 Å². The molecule has 0 aliphatic carbocycles. The lowest BCUT2D eigenvalue weighted by molar-refractivity contribution is -0.127. The van der Waals surface area contributed by atoms with Gasteiger partial charge in [-0.2, -0.15) is 4.99 Å². The summed E-state index contributed by atoms with van der Waals surface area (Å²) in [6.45, 7) is 2.23. The number of thiazole rings is 1. The molecule has 0 bridgehead atoms. The lowest BCUT2D eigenvalue weighted by Gasteiger charge is -2.23. The molecule has 2 heterocycles. The topological polar surface area (TPSA) is 52.8 Å². The number of halogens is 2. The van der Waals surface area contributed by atoms with Crippen LogP contribution in [0.5, 0.6) is 11.5 Å². The van der Waals surface area contributed by atoms with Crippen LogP contribution < -0.4 is 14.3 Å². The summed E-state index contributed by atoms with van der Waals surface area (Å²) in [5, 5.41) is 0. The fraction of sp³-hybridized carbons (Fsp3) is 0.222. The number of para-hydroxylation sites is 2. The Bertz CT molecular complexity index is 1070. The molecule has 1 atom stereocenters. The second-order valence-corrected chi connectivity index (χ2v) is 6.69. The van der Waals surface area contributed by atoms with Gasteiger partial charge in [0, 0.05) is 12.6 Å². The van der Waals surface area contributed by atoms with Crippen molar-refractivity contribution in [2.24, 2.45) is 4.99 Å². The van der Waals surface area contributed by atoms with Crippen LogP contribution in [-0.2, 0) is 11.3 Å². The van der Waals surface area contributed by atoms with Gasteiger partial charge < -0.3 is 14.0 Å². The number of aromatic nitrogens is 1. The number of fused-ring (bicyclic) bond motifs is 2. The van der Waals surface area contributed by atoms with Crippen molar-refractivity contribution in [1.29, 1.82) is 0 Å². The van der Waals surface area contributed by atoms with Crippen LogP contribution in [0, 0.1) is 11.6 Å². The first-order valence-electron chi connectivity index (χ1n) is 8.02. The van der Waals surface area contributed by atoms with E-state index in [0.29, 0.717) is 27.5 Å². The predicted octanol–water partition coefficient (Wildman–Crippen LogP) is 3.27. The summed E-state index contributed by atoms with van der Waals surface area (Å²) in [4.78, 5) is 16.9. The molecular weight excluding hydrogens is 362 g/mol. The second kappa shape index (κ2) is 6.53. The van der Waals surface area contributed by atoms with Crippen LogP contribution in [0.25, 0.3) is 10.2 Å². The minimum absolute atomic E-state index is 0.0410. The average molecular weight is 376 g/mol. The molecule has 8 heteroatoms. The number of amides is 1. The van der Waals surface area contributed by atoms with Crippen LogP contribution in [0.4, 0.5) is 8.78 Å². The van der Waals surface area contributed by atoms with Crippen molar-refractivity contribution in [3.63, 3.8) is 0 Å². The van der Waals surface area contributed by atoms with Crippen molar-refractivity contribution in [3.05, 3.63) is 52.8 Å². The van der Waals surface area contributed by atoms with Crippen LogP contribution in [0.1, 0.15) is 6.92 Å². The molecule has 2 aromatic carbocycles. The lowest BCUT2D eigenvalue weighted by Crippen LogP contribution is -2.36. The van der Waals surface area contributed by atoms with Gasteiger partial charge in [-0.1, -0.05) is 23.5 Å². The van der Waals surface area contributed by atoms with Crippen molar-refractivity contribution >= 4 is 27.5 Å². The van der Waals surface area contributed by atoms with E-state index in [9.17, 15) is 13.6 Å². The summed E-state index contributed by atoms with van der Waals surface area (Å²) in [6, 6.07) is 9.10. The van der Waals surface area contributed by atoms with Gasteiger partial charge in [0.05, 0.1) is 10.2 Å². The Labute approximate surface area is 151 Å². The maximum Gasteiger partial charge on any atom is 0.292 e. The van der Waals surface area contributed by atoms with Crippen LogP contribution in [-0.4, -0.2) is 23.2 Å². The molecule has 0 fully saturated rings. The van der Waals surface area contributed by atoms with Gasteiger partial charge in [0.2, 0.25) is 6.10 Å². The van der Waals surface area contributed by atoms with E-state index >= 15 is 0 Å². The van der Waals surface area contributed by atoms with E-state index in [0.717, 1.165) is 17.4 Å². The van der Waals surface area contributed by atoms with E-state index in [1.807, 2.05) is 6.07 Å². The average Bonchev–Trinajstić information content (AvgIpc) is 2.98. The standard InChI is InChI=1S/C18H14F2N2O3S/c1-2-22-16-11(20)7-10(19)8-15(16)26-18(22)21-17(23)14-9-24-12-5-3-4-6-13(12)25-14/h3-8,14H,2,9H2,1H3/t14-/m1/s1. The Kier molecular flexibility index (Phi) is 4.20. The highest BCUT2D eigenvalue weighted by atomic mass is 32.1. The fourth-order valence-corrected chi connectivity index (χ4v) is 3.95. The maximum absolute atomic E-state index is 14.1. The molecule has 134 valence electrons. The number of hydrogen-bond donors (Lipinski definition) is 0. The van der Waals surface area contributed by atoms with Crippen molar-refractivity contribution < 1.29 is 23.0 Å². The van der Waals surface area contributed by atoms with E-state index < -0.39 is 23.6 Å². The van der Waals surface area contributed by atoms with Gasteiger partial charge >= 0.3 is 0 Å². The van der Waals surface area contributed by atoms with Gasteiger partial charge in [0.15, 0.2) is 22.1 Å². The van der Waals surface area contributed by atoms with E-state index in [1.165, 1.54) is 6.07 Å². The monoisotopic (exact) mass is 376 g/mol. The zero-order valence-corrected chi connectivity index (χ0v) is 14.6. The van der Waals surface area contributed by atoms with Crippen molar-refractivity contribution in [1.82, 2.24) is 4.57 Å². The maximum atomic E-state index is 14.1. The number of nitrogens with zero attached hydrogens (tertiary/aromatic N) is 2. The summed E-state index contributed by atoms with van der Waals surface area (Å²) in [7, 11) is 0. The minimum atomic E-state index is -0.887. The molecule has 1 aliphatic heterocycles. The summed E-state index contributed by atoms with van der Waals surface area (Å²) >= 11 is 1.05. The van der Waals surface area contributed by atoms with Crippen molar-refractivity contribution in [3.8, 4) is 11.5 Å². The molecule has 5 nitrogen and oxygen atoms in total. The third-order valence-corrected chi connectivity index (χ3v) is 5.03. The van der Waals surface area contributed by atoms with Crippen molar-refractivity contribution in [2.75, 3.05) is 6.61 Å². The van der Waals surface area contributed by atoms with E-state index in [-0.39, 0.29) is 12.1 Å². The summed E-state index contributed by atoms with van der Waals surface area (Å²) < 4.78 is 40.7. The number of carbonyl (C=O) groups is 1. The first-order chi connectivity index (χ1) is 12.6. The molecule has 0 unspecified atom stereocenters. The first-order valence-corrected chi connectivity index (χ1v) is 8.84. The van der Waals surface area contributed by atoms with Crippen LogP contribution in [0.2, 0.25) is 0 Å². The molecule has 26 heavy (non-hydrogen) atoms. The van der Waals surface area contributed by atoms with E-state index in [4.69, 9.17) is 9.47 Å². The molecule has 3 aromatic rings. The molecule has 0 saturated carbocycles. The normalized spacial score (nSPS) is 16.9. The Morgan fingerprint density at radius 2 is 2.08 bits per heavy atom.